The number of aromatic nitrogens is 3. The van der Waals surface area contributed by atoms with Gasteiger partial charge in [-0.05, 0) is 187 Å². The van der Waals surface area contributed by atoms with Gasteiger partial charge in [0.25, 0.3) is 0 Å². The number of nitrogens with zero attached hydrogens (tertiary/aromatic N) is 3. The summed E-state index contributed by atoms with van der Waals surface area (Å²) in [5.74, 6) is 1.11. The number of fused-ring (bicyclic) bond motifs is 18. The molecule has 16 aromatic carbocycles. The summed E-state index contributed by atoms with van der Waals surface area (Å²) in [5, 5.41) is 18.7. The molecule has 0 bridgehead atoms. The minimum atomic E-state index is -3.04. The molecule has 2 atom stereocenters. The number of hydrogen-bond donors (Lipinski definition) is 0. The van der Waals surface area contributed by atoms with Gasteiger partial charge in [-0.1, -0.05) is 262 Å². The Morgan fingerprint density at radius 2 is 0.727 bits per heavy atom. The molecule has 110 heavy (non-hydrogen) atoms. The van der Waals surface area contributed by atoms with E-state index in [9.17, 15) is 0 Å². The first-order chi connectivity index (χ1) is 54.4. The van der Waals surface area contributed by atoms with Gasteiger partial charge in [0.05, 0.1) is 28.1 Å². The number of furan rings is 2. The van der Waals surface area contributed by atoms with Crippen LogP contribution in [0.4, 0.5) is 0 Å². The summed E-state index contributed by atoms with van der Waals surface area (Å²) in [5.41, 5.74) is 22.6. The smallest absolute Gasteiger partial charge is 0.179 e. The van der Waals surface area contributed by atoms with Gasteiger partial charge in [0, 0.05) is 103 Å². The molecule has 2 unspecified atom stereocenters. The molecule has 5 nitrogen and oxygen atoms in total. The fraction of sp³-hybridized carbons (Fsp3) is 0.0291. The SMILES string of the molecule is CC1c2c(oc3ccc(-c4cccc(-c5ccc6oc7ccc(-n8c9ccccc9c9cc(-c%10ccc%11c(c%10)c%10ccccc%10n%11-c%10cccc([Si](c%11ccccc%11)(c%11ccccc%11)c%11cccc(-c%12cccc%13c%12sc%12ccccc%12%13)c%11)c%10)ccc98)cc7c6c5)c4)cc23)C=CC1n1c2ccccc2c2ccccc21. The molecule has 6 aromatic heterocycles. The highest BCUT2D eigenvalue weighted by molar-refractivity contribution is 7.26. The number of hydrogen-bond acceptors (Lipinski definition) is 3. The van der Waals surface area contributed by atoms with Crippen molar-refractivity contribution in [2.75, 3.05) is 0 Å². The van der Waals surface area contributed by atoms with E-state index in [-0.39, 0.29) is 12.0 Å². The molecule has 516 valence electrons. The zero-order chi connectivity index (χ0) is 72.3. The maximum absolute atomic E-state index is 6.67. The largest absolute Gasteiger partial charge is 0.456 e. The summed E-state index contributed by atoms with van der Waals surface area (Å²) in [6.45, 7) is 2.36. The highest BCUT2D eigenvalue weighted by Crippen LogP contribution is 2.48. The Morgan fingerprint density at radius 3 is 1.36 bits per heavy atom. The molecule has 23 rings (SSSR count). The van der Waals surface area contributed by atoms with Gasteiger partial charge < -0.3 is 22.5 Å². The molecule has 0 saturated carbocycles. The third-order valence-electron chi connectivity index (χ3n) is 24.0. The van der Waals surface area contributed by atoms with E-state index in [1.807, 2.05) is 11.3 Å². The van der Waals surface area contributed by atoms with Crippen molar-refractivity contribution < 1.29 is 8.83 Å². The molecular weight excluding hydrogens is 1370 g/mol. The molecule has 0 saturated heterocycles. The minimum Gasteiger partial charge on any atom is -0.456 e. The summed E-state index contributed by atoms with van der Waals surface area (Å²) in [4.78, 5) is 0. The van der Waals surface area contributed by atoms with Gasteiger partial charge in [-0.15, -0.1) is 11.3 Å². The molecule has 7 heteroatoms. The topological polar surface area (TPSA) is 41.1 Å². The van der Waals surface area contributed by atoms with E-state index in [1.165, 1.54) is 118 Å². The Hall–Kier alpha value is -13.6. The van der Waals surface area contributed by atoms with E-state index in [1.54, 1.807) is 0 Å². The van der Waals surface area contributed by atoms with Gasteiger partial charge in [0.1, 0.15) is 22.5 Å². The lowest BCUT2D eigenvalue weighted by atomic mass is 9.86. The van der Waals surface area contributed by atoms with Crippen LogP contribution in [0, 0.1) is 0 Å². The van der Waals surface area contributed by atoms with Crippen molar-refractivity contribution in [3.05, 3.63) is 381 Å². The first-order valence-corrected chi connectivity index (χ1v) is 40.8. The number of allylic oxidation sites excluding steroid dienone is 1. The summed E-state index contributed by atoms with van der Waals surface area (Å²) >= 11 is 1.89. The van der Waals surface area contributed by atoms with Crippen molar-refractivity contribution >= 4 is 165 Å². The van der Waals surface area contributed by atoms with Crippen LogP contribution in [0.1, 0.15) is 30.2 Å². The molecule has 0 spiro atoms. The lowest BCUT2D eigenvalue weighted by Gasteiger charge is -2.35. The fourth-order valence-corrected chi connectivity index (χ4v) is 25.0. The molecular formula is C103H67N3O2SSi. The van der Waals surface area contributed by atoms with Gasteiger partial charge >= 0.3 is 0 Å². The highest BCUT2D eigenvalue weighted by atomic mass is 32.1. The first kappa shape index (κ1) is 62.6. The second kappa shape index (κ2) is 24.5. The van der Waals surface area contributed by atoms with Crippen LogP contribution in [0.2, 0.25) is 0 Å². The first-order valence-electron chi connectivity index (χ1n) is 38.0. The molecule has 22 aromatic rings. The van der Waals surface area contributed by atoms with Crippen LogP contribution in [0.25, 0.3) is 180 Å². The summed E-state index contributed by atoms with van der Waals surface area (Å²) in [6, 6.07) is 136. The normalized spacial score (nSPS) is 14.0. The molecule has 0 N–H and O–H groups in total. The van der Waals surface area contributed by atoms with Gasteiger partial charge in [-0.25, -0.2) is 0 Å². The van der Waals surface area contributed by atoms with Gasteiger partial charge in [0.15, 0.2) is 8.07 Å². The summed E-state index contributed by atoms with van der Waals surface area (Å²) in [6.07, 6.45) is 4.53. The summed E-state index contributed by atoms with van der Waals surface area (Å²) < 4.78 is 23.4. The van der Waals surface area contributed by atoms with Gasteiger partial charge in [-0.2, -0.15) is 0 Å². The van der Waals surface area contributed by atoms with E-state index in [2.05, 4.69) is 397 Å². The van der Waals surface area contributed by atoms with Crippen molar-refractivity contribution in [3.8, 4) is 55.9 Å². The third kappa shape index (κ3) is 9.45. The maximum atomic E-state index is 6.67. The monoisotopic (exact) mass is 1440 g/mol. The predicted octanol–water partition coefficient (Wildman–Crippen LogP) is 25.4. The quantitative estimate of drug-likeness (QED) is 0.0956. The van der Waals surface area contributed by atoms with E-state index in [0.717, 1.165) is 88.8 Å². The van der Waals surface area contributed by atoms with Crippen molar-refractivity contribution in [1.82, 2.24) is 13.7 Å². The number of rotatable bonds is 11. The molecule has 0 aliphatic heterocycles. The Kier molecular flexibility index (Phi) is 13.9. The lowest BCUT2D eigenvalue weighted by molar-refractivity contribution is 0.517. The average Bonchev–Trinajstić information content (AvgIpc) is 1.27. The fourth-order valence-electron chi connectivity index (χ4n) is 19.0. The van der Waals surface area contributed by atoms with Crippen LogP contribution in [-0.4, -0.2) is 21.8 Å². The minimum absolute atomic E-state index is 0.114. The average molecular weight is 1440 g/mol. The zero-order valence-electron chi connectivity index (χ0n) is 60.0. The van der Waals surface area contributed by atoms with Crippen molar-refractivity contribution in [1.29, 1.82) is 0 Å². The van der Waals surface area contributed by atoms with Crippen LogP contribution in [0.15, 0.2) is 379 Å². The Bertz CT molecular complexity index is 7500. The van der Waals surface area contributed by atoms with E-state index >= 15 is 0 Å². The van der Waals surface area contributed by atoms with E-state index in [4.69, 9.17) is 8.83 Å². The van der Waals surface area contributed by atoms with Gasteiger partial charge in [0.2, 0.25) is 0 Å². The molecule has 1 aliphatic rings. The third-order valence-corrected chi connectivity index (χ3v) is 29.9. The van der Waals surface area contributed by atoms with Crippen molar-refractivity contribution in [3.63, 3.8) is 0 Å². The molecule has 0 amide bonds. The van der Waals surface area contributed by atoms with E-state index < -0.39 is 8.07 Å². The van der Waals surface area contributed by atoms with Crippen molar-refractivity contribution in [2.24, 2.45) is 0 Å². The maximum Gasteiger partial charge on any atom is 0.179 e. The summed E-state index contributed by atoms with van der Waals surface area (Å²) in [7, 11) is -3.04. The van der Waals surface area contributed by atoms with Crippen LogP contribution >= 0.6 is 11.3 Å². The number of para-hydroxylation sites is 4. The Balaban J connectivity index is 0.589. The van der Waals surface area contributed by atoms with Crippen LogP contribution in [0.3, 0.4) is 0 Å². The van der Waals surface area contributed by atoms with Gasteiger partial charge in [-0.3, -0.25) is 0 Å². The van der Waals surface area contributed by atoms with Crippen LogP contribution < -0.4 is 20.7 Å². The second-order valence-electron chi connectivity index (χ2n) is 29.8. The Labute approximate surface area is 638 Å². The molecule has 1 aliphatic carbocycles. The molecule has 0 fully saturated rings. The number of thiophene rings is 1. The lowest BCUT2D eigenvalue weighted by Crippen LogP contribution is -2.74. The highest BCUT2D eigenvalue weighted by Gasteiger charge is 2.42. The number of benzene rings is 16. The van der Waals surface area contributed by atoms with Crippen molar-refractivity contribution in [2.45, 2.75) is 18.9 Å². The predicted molar refractivity (Wildman–Crippen MR) is 466 cm³/mol. The Morgan fingerprint density at radius 1 is 0.291 bits per heavy atom. The standard InChI is InChI=1S/C103H67N3O2SSi/c1-64-90(106-93-41-15-8-32-79(93)80-33-9-16-42-94(80)106)51-55-100-102(64)89-61-70(47-53-99(89)108-100)66-23-18-22-65(56-66)69-46-52-97-87(60-69)88-63-73(48-54-98(88)107-97)105-92-40-14-11-35-82(92)86-59-68(45-50-96(86)105)67-44-49-95-85(58-67)81-34-10-13-39-91(81)104(95)72-25-20-31-77(62-72)110(74-26-4-2-5-27-74,75-28-6-3-7-29-75)76-30-19-24-71(57-76)78-37-21-38-84-83-36-12-17-43-101(83)109-103(78)84/h2-64,90H,1H3. The second-order valence-corrected chi connectivity index (χ2v) is 34.6. The van der Waals surface area contributed by atoms with Crippen LogP contribution in [0.5, 0.6) is 0 Å². The molecule has 0 radical (unpaired) electrons. The van der Waals surface area contributed by atoms with E-state index in [0.29, 0.717) is 0 Å². The zero-order valence-corrected chi connectivity index (χ0v) is 61.8. The van der Waals surface area contributed by atoms with Crippen LogP contribution in [-0.2, 0) is 0 Å². The molecule has 6 heterocycles.